The first-order valence-corrected chi connectivity index (χ1v) is 12.9. The van der Waals surface area contributed by atoms with Crippen LogP contribution < -0.4 is 10.1 Å². The maximum Gasteiger partial charge on any atom is 0.416 e. The molecule has 0 bridgehead atoms. The molecular formula is C29H28F3N3O2S. The predicted molar refractivity (Wildman–Crippen MR) is 142 cm³/mol. The molecule has 1 amide bonds. The second-order valence-electron chi connectivity index (χ2n) is 8.92. The highest BCUT2D eigenvalue weighted by Crippen LogP contribution is 2.30. The molecule has 1 aromatic heterocycles. The average molecular weight is 540 g/mol. The number of carbonyl (C=O) groups is 1. The molecule has 1 unspecified atom stereocenters. The Hall–Kier alpha value is -3.69. The standard InChI is InChI=1S/C29H28F3N3O2S/c1-20(23-8-4-3-5-9-23)33-28(36)26-19-38-27(34-26)18-35(16-21-11-13-25(37-2)14-12-21)17-22-7-6-10-24(15-22)29(30,31)32/h3-15,19-20H,16-18H2,1-2H3,(H,33,36). The maximum atomic E-state index is 13.3. The van der Waals surface area contributed by atoms with E-state index in [2.05, 4.69) is 10.3 Å². The first kappa shape index (κ1) is 27.3. The van der Waals surface area contributed by atoms with Crippen molar-refractivity contribution in [3.63, 3.8) is 0 Å². The Morgan fingerprint density at radius 1 is 0.974 bits per heavy atom. The monoisotopic (exact) mass is 539 g/mol. The van der Waals surface area contributed by atoms with Crippen LogP contribution in [0.2, 0.25) is 0 Å². The van der Waals surface area contributed by atoms with Crippen LogP contribution in [0.25, 0.3) is 0 Å². The van der Waals surface area contributed by atoms with Crippen molar-refractivity contribution in [2.24, 2.45) is 0 Å². The number of nitrogens with zero attached hydrogens (tertiary/aromatic N) is 2. The third-order valence-corrected chi connectivity index (χ3v) is 6.85. The predicted octanol–water partition coefficient (Wildman–Crippen LogP) is 6.86. The fourth-order valence-corrected chi connectivity index (χ4v) is 4.85. The number of ether oxygens (including phenoxy) is 1. The average Bonchev–Trinajstić information content (AvgIpc) is 3.38. The molecule has 0 fully saturated rings. The molecule has 0 saturated carbocycles. The maximum absolute atomic E-state index is 13.3. The van der Waals surface area contributed by atoms with Crippen molar-refractivity contribution in [1.29, 1.82) is 0 Å². The van der Waals surface area contributed by atoms with Crippen molar-refractivity contribution in [2.45, 2.75) is 38.8 Å². The summed E-state index contributed by atoms with van der Waals surface area (Å²) in [7, 11) is 1.59. The van der Waals surface area contributed by atoms with E-state index in [1.165, 1.54) is 23.5 Å². The first-order valence-electron chi connectivity index (χ1n) is 12.0. The molecule has 1 atom stereocenters. The number of halogens is 3. The van der Waals surface area contributed by atoms with E-state index in [-0.39, 0.29) is 18.5 Å². The van der Waals surface area contributed by atoms with E-state index in [4.69, 9.17) is 4.74 Å². The lowest BCUT2D eigenvalue weighted by Gasteiger charge is -2.22. The number of methoxy groups -OCH3 is 1. The highest BCUT2D eigenvalue weighted by molar-refractivity contribution is 7.09. The molecule has 1 N–H and O–H groups in total. The fraction of sp³-hybridized carbons (Fsp3) is 0.241. The van der Waals surface area contributed by atoms with E-state index < -0.39 is 11.7 Å². The van der Waals surface area contributed by atoms with Gasteiger partial charge in [0.25, 0.3) is 5.91 Å². The number of aromatic nitrogens is 1. The molecule has 198 valence electrons. The van der Waals surface area contributed by atoms with Crippen LogP contribution >= 0.6 is 11.3 Å². The highest BCUT2D eigenvalue weighted by Gasteiger charge is 2.30. The van der Waals surface area contributed by atoms with Crippen LogP contribution in [-0.2, 0) is 25.8 Å². The summed E-state index contributed by atoms with van der Waals surface area (Å²) in [5, 5.41) is 5.37. The zero-order valence-electron chi connectivity index (χ0n) is 21.0. The van der Waals surface area contributed by atoms with Crippen molar-refractivity contribution in [1.82, 2.24) is 15.2 Å². The van der Waals surface area contributed by atoms with Gasteiger partial charge >= 0.3 is 6.18 Å². The topological polar surface area (TPSA) is 54.5 Å². The van der Waals surface area contributed by atoms with Gasteiger partial charge < -0.3 is 10.1 Å². The number of rotatable bonds is 10. The molecule has 5 nitrogen and oxygen atoms in total. The Morgan fingerprint density at radius 3 is 2.37 bits per heavy atom. The zero-order valence-corrected chi connectivity index (χ0v) is 21.9. The summed E-state index contributed by atoms with van der Waals surface area (Å²) >= 11 is 1.35. The number of hydrogen-bond acceptors (Lipinski definition) is 5. The van der Waals surface area contributed by atoms with Crippen molar-refractivity contribution in [3.05, 3.63) is 117 Å². The second-order valence-corrected chi connectivity index (χ2v) is 9.87. The molecule has 9 heteroatoms. The molecule has 0 spiro atoms. The van der Waals surface area contributed by atoms with Crippen LogP contribution in [0.4, 0.5) is 13.2 Å². The summed E-state index contributed by atoms with van der Waals surface area (Å²) in [6.07, 6.45) is -4.41. The lowest BCUT2D eigenvalue weighted by atomic mass is 10.1. The fourth-order valence-electron chi connectivity index (χ4n) is 4.04. The number of benzene rings is 3. The zero-order chi connectivity index (χ0) is 27.1. The molecule has 0 aliphatic heterocycles. The molecule has 1 heterocycles. The van der Waals surface area contributed by atoms with E-state index >= 15 is 0 Å². The Morgan fingerprint density at radius 2 is 1.68 bits per heavy atom. The van der Waals surface area contributed by atoms with Gasteiger partial charge in [0, 0.05) is 18.5 Å². The second kappa shape index (κ2) is 12.2. The van der Waals surface area contributed by atoms with Crippen molar-refractivity contribution < 1.29 is 22.7 Å². The Kier molecular flexibility index (Phi) is 8.81. The summed E-state index contributed by atoms with van der Waals surface area (Å²) in [4.78, 5) is 19.3. The highest BCUT2D eigenvalue weighted by atomic mass is 32.1. The van der Waals surface area contributed by atoms with Gasteiger partial charge in [-0.3, -0.25) is 9.69 Å². The molecule has 3 aromatic carbocycles. The van der Waals surface area contributed by atoms with Gasteiger partial charge in [0.1, 0.15) is 16.5 Å². The van der Waals surface area contributed by atoms with E-state index in [1.54, 1.807) is 18.6 Å². The molecule has 4 rings (SSSR count). The van der Waals surface area contributed by atoms with Crippen LogP contribution in [0.3, 0.4) is 0 Å². The largest absolute Gasteiger partial charge is 0.497 e. The molecule has 0 radical (unpaired) electrons. The van der Waals surface area contributed by atoms with Crippen LogP contribution in [0.5, 0.6) is 5.75 Å². The third kappa shape index (κ3) is 7.43. The lowest BCUT2D eigenvalue weighted by Crippen LogP contribution is -2.27. The molecule has 0 aliphatic carbocycles. The summed E-state index contributed by atoms with van der Waals surface area (Å²) < 4.78 is 45.1. The Balaban J connectivity index is 1.50. The van der Waals surface area contributed by atoms with Gasteiger partial charge in [-0.05, 0) is 41.8 Å². The van der Waals surface area contributed by atoms with Gasteiger partial charge in [0.2, 0.25) is 0 Å². The van der Waals surface area contributed by atoms with Gasteiger partial charge in [0.05, 0.1) is 25.3 Å². The van der Waals surface area contributed by atoms with E-state index in [0.717, 1.165) is 22.9 Å². The summed E-state index contributed by atoms with van der Waals surface area (Å²) in [5.41, 5.74) is 2.14. The SMILES string of the molecule is COc1ccc(CN(Cc2cccc(C(F)(F)F)c2)Cc2nc(C(=O)NC(C)c3ccccc3)cs2)cc1. The summed E-state index contributed by atoms with van der Waals surface area (Å²) in [5.74, 6) is 0.446. The number of nitrogens with one attached hydrogen (secondary N) is 1. The van der Waals surface area contributed by atoms with Crippen LogP contribution in [0.1, 0.15) is 50.7 Å². The van der Waals surface area contributed by atoms with E-state index in [9.17, 15) is 18.0 Å². The van der Waals surface area contributed by atoms with Gasteiger partial charge in [0.15, 0.2) is 0 Å². The Bertz CT molecular complexity index is 1340. The van der Waals surface area contributed by atoms with Crippen LogP contribution in [0, 0.1) is 0 Å². The number of hydrogen-bond donors (Lipinski definition) is 1. The van der Waals surface area contributed by atoms with E-state index in [1.807, 2.05) is 66.4 Å². The number of alkyl halides is 3. The van der Waals surface area contributed by atoms with Gasteiger partial charge in [-0.2, -0.15) is 13.2 Å². The normalized spacial score (nSPS) is 12.4. The van der Waals surface area contributed by atoms with Crippen molar-refractivity contribution in [2.75, 3.05) is 7.11 Å². The molecule has 4 aromatic rings. The molecular weight excluding hydrogens is 511 g/mol. The van der Waals surface area contributed by atoms with Gasteiger partial charge in [-0.15, -0.1) is 11.3 Å². The molecule has 38 heavy (non-hydrogen) atoms. The minimum absolute atomic E-state index is 0.179. The van der Waals surface area contributed by atoms with E-state index in [0.29, 0.717) is 29.4 Å². The molecule has 0 aliphatic rings. The van der Waals surface area contributed by atoms with Gasteiger partial charge in [-0.25, -0.2) is 4.98 Å². The first-order chi connectivity index (χ1) is 18.2. The summed E-state index contributed by atoms with van der Waals surface area (Å²) in [6, 6.07) is 22.3. The smallest absolute Gasteiger partial charge is 0.416 e. The molecule has 0 saturated heterocycles. The Labute approximate surface area is 223 Å². The minimum atomic E-state index is -4.41. The van der Waals surface area contributed by atoms with Gasteiger partial charge in [-0.1, -0.05) is 60.7 Å². The quantitative estimate of drug-likeness (QED) is 0.239. The number of amides is 1. The number of thiazole rings is 1. The number of carbonyl (C=O) groups excluding carboxylic acids is 1. The van der Waals surface area contributed by atoms with Crippen molar-refractivity contribution in [3.8, 4) is 5.75 Å². The lowest BCUT2D eigenvalue weighted by molar-refractivity contribution is -0.137. The van der Waals surface area contributed by atoms with Crippen LogP contribution in [-0.4, -0.2) is 22.9 Å². The minimum Gasteiger partial charge on any atom is -0.497 e. The third-order valence-electron chi connectivity index (χ3n) is 6.02. The van der Waals surface area contributed by atoms with Crippen molar-refractivity contribution >= 4 is 17.2 Å². The summed E-state index contributed by atoms with van der Waals surface area (Å²) in [6.45, 7) is 3.04. The van der Waals surface area contributed by atoms with Crippen LogP contribution in [0.15, 0.2) is 84.2 Å².